The molecule has 3 heteroatoms. The third-order valence-corrected chi connectivity index (χ3v) is 1.73. The maximum atomic E-state index is 11.1. The van der Waals surface area contributed by atoms with Gasteiger partial charge in [0.1, 0.15) is 0 Å². The summed E-state index contributed by atoms with van der Waals surface area (Å²) in [6.45, 7) is 1.35. The number of Topliss-reactive ketones (excluding diaryl/α,β-unsaturated/α-hetero) is 1. The molecule has 0 fully saturated rings. The van der Waals surface area contributed by atoms with Crippen LogP contribution in [0.2, 0.25) is 0 Å². The van der Waals surface area contributed by atoms with Gasteiger partial charge in [-0.2, -0.15) is 0 Å². The summed E-state index contributed by atoms with van der Waals surface area (Å²) in [5, 5.41) is 8.57. The zero-order chi connectivity index (χ0) is 10.6. The molecule has 0 aliphatic carbocycles. The molecule has 0 bridgehead atoms. The van der Waals surface area contributed by atoms with Crippen molar-refractivity contribution in [2.24, 2.45) is 0 Å². The highest BCUT2D eigenvalue weighted by atomic mass is 16.4. The van der Waals surface area contributed by atoms with Crippen LogP contribution in [0.25, 0.3) is 5.57 Å². The Labute approximate surface area is 81.7 Å². The second-order valence-electron chi connectivity index (χ2n) is 2.82. The van der Waals surface area contributed by atoms with Crippen LogP contribution in [0.3, 0.4) is 0 Å². The van der Waals surface area contributed by atoms with Crippen LogP contribution >= 0.6 is 0 Å². The number of ketones is 1. The minimum Gasteiger partial charge on any atom is -0.478 e. The lowest BCUT2D eigenvalue weighted by Crippen LogP contribution is -2.00. The molecule has 0 spiro atoms. The number of aliphatic carboxylic acids is 1. The minimum absolute atomic E-state index is 0.220. The van der Waals surface area contributed by atoms with Gasteiger partial charge in [0.25, 0.3) is 0 Å². The van der Waals surface area contributed by atoms with E-state index in [0.29, 0.717) is 5.56 Å². The molecule has 0 amide bonds. The summed E-state index contributed by atoms with van der Waals surface area (Å²) in [7, 11) is 0. The molecule has 72 valence electrons. The van der Waals surface area contributed by atoms with Gasteiger partial charge in [-0.05, 0) is 12.5 Å². The molecule has 0 radical (unpaired) electrons. The van der Waals surface area contributed by atoms with Gasteiger partial charge < -0.3 is 5.11 Å². The van der Waals surface area contributed by atoms with Crippen LogP contribution in [0.1, 0.15) is 12.5 Å². The van der Waals surface area contributed by atoms with E-state index in [1.54, 1.807) is 24.3 Å². The predicted octanol–water partition coefficient (Wildman–Crippen LogP) is 1.74. The SMILES string of the molecule is CC(=O)C(=CC(=O)O)c1ccccc1. The second kappa shape index (κ2) is 4.37. The van der Waals surface area contributed by atoms with Crippen LogP contribution < -0.4 is 0 Å². The van der Waals surface area contributed by atoms with Crippen LogP contribution in [-0.2, 0) is 9.59 Å². The van der Waals surface area contributed by atoms with Crippen LogP contribution in [0.5, 0.6) is 0 Å². The molecule has 0 heterocycles. The first-order valence-electron chi connectivity index (χ1n) is 4.12. The quantitative estimate of drug-likeness (QED) is 0.738. The largest absolute Gasteiger partial charge is 0.478 e. The number of hydrogen-bond acceptors (Lipinski definition) is 2. The number of carbonyl (C=O) groups excluding carboxylic acids is 1. The summed E-state index contributed by atoms with van der Waals surface area (Å²) >= 11 is 0. The van der Waals surface area contributed by atoms with E-state index in [1.807, 2.05) is 6.07 Å². The van der Waals surface area contributed by atoms with Gasteiger partial charge in [-0.15, -0.1) is 0 Å². The lowest BCUT2D eigenvalue weighted by molar-refractivity contribution is -0.131. The van der Waals surface area contributed by atoms with Gasteiger partial charge in [0.15, 0.2) is 5.78 Å². The first kappa shape index (κ1) is 10.2. The smallest absolute Gasteiger partial charge is 0.329 e. The highest BCUT2D eigenvalue weighted by Crippen LogP contribution is 2.14. The fourth-order valence-corrected chi connectivity index (χ4v) is 1.13. The predicted molar refractivity (Wildman–Crippen MR) is 52.7 cm³/mol. The molecule has 0 aliphatic rings. The maximum Gasteiger partial charge on any atom is 0.329 e. The molecule has 1 aromatic carbocycles. The summed E-state index contributed by atoms with van der Waals surface area (Å²) in [5.41, 5.74) is 0.848. The van der Waals surface area contributed by atoms with Crippen molar-refractivity contribution < 1.29 is 14.7 Å². The molecular weight excluding hydrogens is 180 g/mol. The van der Waals surface area contributed by atoms with Crippen molar-refractivity contribution in [3.63, 3.8) is 0 Å². The fraction of sp³-hybridized carbons (Fsp3) is 0.0909. The molecule has 0 atom stereocenters. The Morgan fingerprint density at radius 1 is 1.21 bits per heavy atom. The second-order valence-corrected chi connectivity index (χ2v) is 2.82. The number of hydrogen-bond donors (Lipinski definition) is 1. The minimum atomic E-state index is -1.11. The van der Waals surface area contributed by atoms with Gasteiger partial charge >= 0.3 is 5.97 Å². The van der Waals surface area contributed by atoms with Crippen molar-refractivity contribution >= 4 is 17.3 Å². The number of carbonyl (C=O) groups is 2. The number of carboxylic acids is 1. The lowest BCUT2D eigenvalue weighted by Gasteiger charge is -2.01. The number of allylic oxidation sites excluding steroid dienone is 1. The van der Waals surface area contributed by atoms with Gasteiger partial charge in [-0.25, -0.2) is 4.79 Å². The van der Waals surface area contributed by atoms with Gasteiger partial charge in [-0.3, -0.25) is 4.79 Å². The number of rotatable bonds is 3. The van der Waals surface area contributed by atoms with E-state index in [4.69, 9.17) is 5.11 Å². The normalized spacial score (nSPS) is 11.1. The fourth-order valence-electron chi connectivity index (χ4n) is 1.13. The molecule has 0 saturated carbocycles. The first-order chi connectivity index (χ1) is 6.61. The third kappa shape index (κ3) is 2.55. The molecule has 3 nitrogen and oxygen atoms in total. The summed E-state index contributed by atoms with van der Waals surface area (Å²) < 4.78 is 0. The van der Waals surface area contributed by atoms with Gasteiger partial charge in [-0.1, -0.05) is 30.3 Å². The molecule has 14 heavy (non-hydrogen) atoms. The van der Waals surface area contributed by atoms with Gasteiger partial charge in [0.05, 0.1) is 0 Å². The average Bonchev–Trinajstić information content (AvgIpc) is 2.15. The van der Waals surface area contributed by atoms with Crippen molar-refractivity contribution in [1.82, 2.24) is 0 Å². The van der Waals surface area contributed by atoms with Crippen molar-refractivity contribution in [2.75, 3.05) is 0 Å². The maximum absolute atomic E-state index is 11.1. The van der Waals surface area contributed by atoms with E-state index in [1.165, 1.54) is 6.92 Å². The van der Waals surface area contributed by atoms with Crippen LogP contribution in [0.4, 0.5) is 0 Å². The van der Waals surface area contributed by atoms with E-state index >= 15 is 0 Å². The van der Waals surface area contributed by atoms with Crippen LogP contribution in [0.15, 0.2) is 36.4 Å². The molecule has 0 aliphatic heterocycles. The van der Waals surface area contributed by atoms with Crippen LogP contribution in [-0.4, -0.2) is 16.9 Å². The molecule has 0 saturated heterocycles. The van der Waals surface area contributed by atoms with Crippen molar-refractivity contribution in [1.29, 1.82) is 0 Å². The van der Waals surface area contributed by atoms with E-state index in [0.717, 1.165) is 6.08 Å². The number of carboxylic acid groups (broad SMARTS) is 1. The summed E-state index contributed by atoms with van der Waals surface area (Å²) in [5.74, 6) is -1.36. The zero-order valence-electron chi connectivity index (χ0n) is 7.73. The Bertz CT molecular complexity index is 377. The molecule has 0 aromatic heterocycles. The lowest BCUT2D eigenvalue weighted by atomic mass is 10.0. The topological polar surface area (TPSA) is 54.4 Å². The van der Waals surface area contributed by atoms with Gasteiger partial charge in [0, 0.05) is 11.6 Å². The zero-order valence-corrected chi connectivity index (χ0v) is 7.73. The Balaban J connectivity index is 3.14. The number of benzene rings is 1. The first-order valence-corrected chi connectivity index (χ1v) is 4.12. The molecule has 1 N–H and O–H groups in total. The molecule has 0 unspecified atom stereocenters. The summed E-state index contributed by atoms with van der Waals surface area (Å²) in [6.07, 6.45) is 0.928. The highest BCUT2D eigenvalue weighted by Gasteiger charge is 2.07. The Morgan fingerprint density at radius 3 is 2.21 bits per heavy atom. The monoisotopic (exact) mass is 190 g/mol. The van der Waals surface area contributed by atoms with E-state index in [-0.39, 0.29) is 11.4 Å². The summed E-state index contributed by atoms with van der Waals surface area (Å²) in [6, 6.07) is 8.73. The molecular formula is C11H10O3. The molecule has 1 rings (SSSR count). The van der Waals surface area contributed by atoms with Gasteiger partial charge in [0.2, 0.25) is 0 Å². The average molecular weight is 190 g/mol. The Morgan fingerprint density at radius 2 is 1.79 bits per heavy atom. The van der Waals surface area contributed by atoms with Crippen molar-refractivity contribution in [2.45, 2.75) is 6.92 Å². The van der Waals surface area contributed by atoms with Crippen LogP contribution in [0, 0.1) is 0 Å². The Kier molecular flexibility index (Phi) is 3.18. The highest BCUT2D eigenvalue weighted by molar-refractivity contribution is 6.22. The van der Waals surface area contributed by atoms with E-state index < -0.39 is 5.97 Å². The molecule has 1 aromatic rings. The van der Waals surface area contributed by atoms with E-state index in [2.05, 4.69) is 0 Å². The Hall–Kier alpha value is -1.90. The van der Waals surface area contributed by atoms with Crippen molar-refractivity contribution in [3.8, 4) is 0 Å². The van der Waals surface area contributed by atoms with Crippen molar-refractivity contribution in [3.05, 3.63) is 42.0 Å². The standard InChI is InChI=1S/C11H10O3/c1-8(12)10(7-11(13)14)9-5-3-2-4-6-9/h2-7H,1H3,(H,13,14). The third-order valence-electron chi connectivity index (χ3n) is 1.73. The van der Waals surface area contributed by atoms with E-state index in [9.17, 15) is 9.59 Å². The summed E-state index contributed by atoms with van der Waals surface area (Å²) in [4.78, 5) is 21.6.